The second-order valence-electron chi connectivity index (χ2n) is 3.13. The maximum Gasteiger partial charge on any atom is 0.216 e. The Balaban J connectivity index is 2.71. The fraction of sp³-hybridized carbons (Fsp3) is 0.500. The van der Waals surface area contributed by atoms with Crippen LogP contribution in [0.15, 0.2) is 12.3 Å². The lowest BCUT2D eigenvalue weighted by Crippen LogP contribution is -2.06. The summed E-state index contributed by atoms with van der Waals surface area (Å²) in [7, 11) is 0. The molecule has 1 aromatic rings. The highest BCUT2D eigenvalue weighted by molar-refractivity contribution is 5.53. The van der Waals surface area contributed by atoms with Crippen LogP contribution in [0.4, 0.5) is 0 Å². The van der Waals surface area contributed by atoms with Gasteiger partial charge in [0.15, 0.2) is 0 Å². The molecular weight excluding hydrogens is 164 g/mol. The van der Waals surface area contributed by atoms with Crippen molar-refractivity contribution in [2.75, 3.05) is 0 Å². The minimum atomic E-state index is 0.175. The molecule has 1 N–H and O–H groups in total. The molecule has 0 fully saturated rings. The van der Waals surface area contributed by atoms with Crippen LogP contribution in [0.1, 0.15) is 32.8 Å². The summed E-state index contributed by atoms with van der Waals surface area (Å²) in [5.74, 6) is 0.750. The number of rotatable bonds is 4. The zero-order valence-corrected chi connectivity index (χ0v) is 8.37. The van der Waals surface area contributed by atoms with Crippen LogP contribution in [-0.4, -0.2) is 16.3 Å². The molecule has 0 unspecified atom stereocenters. The zero-order chi connectivity index (χ0) is 9.68. The van der Waals surface area contributed by atoms with Gasteiger partial charge in [0.2, 0.25) is 5.88 Å². The molecule has 0 amide bonds. The van der Waals surface area contributed by atoms with E-state index in [2.05, 4.69) is 23.2 Å². The van der Waals surface area contributed by atoms with Gasteiger partial charge in [-0.15, -0.1) is 0 Å². The molecule has 3 nitrogen and oxygen atoms in total. The molecule has 0 atom stereocenters. The van der Waals surface area contributed by atoms with Crippen molar-refractivity contribution in [2.24, 2.45) is 0 Å². The number of H-pyrrole nitrogens is 1. The van der Waals surface area contributed by atoms with E-state index in [0.717, 1.165) is 17.9 Å². The highest BCUT2D eigenvalue weighted by Crippen LogP contribution is 2.16. The van der Waals surface area contributed by atoms with E-state index in [-0.39, 0.29) is 6.10 Å². The summed E-state index contributed by atoms with van der Waals surface area (Å²) in [6.07, 6.45) is 7.06. The van der Waals surface area contributed by atoms with Crippen molar-refractivity contribution in [3.05, 3.63) is 17.8 Å². The summed E-state index contributed by atoms with van der Waals surface area (Å²) < 4.78 is 5.51. The fourth-order valence-corrected chi connectivity index (χ4v) is 0.977. The highest BCUT2D eigenvalue weighted by Gasteiger charge is 2.04. The lowest BCUT2D eigenvalue weighted by molar-refractivity contribution is 0.232. The lowest BCUT2D eigenvalue weighted by atomic mass is 10.3. The van der Waals surface area contributed by atoms with Crippen LogP contribution in [0.25, 0.3) is 6.08 Å². The zero-order valence-electron chi connectivity index (χ0n) is 8.37. The number of nitrogens with one attached hydrogen (secondary N) is 1. The Hall–Kier alpha value is -1.25. The summed E-state index contributed by atoms with van der Waals surface area (Å²) in [4.78, 5) is 0. The van der Waals surface area contributed by atoms with Gasteiger partial charge in [0, 0.05) is 0 Å². The van der Waals surface area contributed by atoms with Crippen molar-refractivity contribution in [2.45, 2.75) is 33.3 Å². The predicted octanol–water partition coefficient (Wildman–Crippen LogP) is 2.62. The first-order chi connectivity index (χ1) is 6.24. The van der Waals surface area contributed by atoms with E-state index in [9.17, 15) is 0 Å². The van der Waals surface area contributed by atoms with Gasteiger partial charge >= 0.3 is 0 Å². The quantitative estimate of drug-likeness (QED) is 0.773. The standard InChI is InChI=1S/C10H16N2O/c1-4-5-6-9-7-11-12-10(9)13-8(2)3/h5-8H,4H2,1-3H3,(H,11,12). The van der Waals surface area contributed by atoms with Crippen LogP contribution < -0.4 is 4.74 Å². The van der Waals surface area contributed by atoms with E-state index in [1.54, 1.807) is 6.20 Å². The second kappa shape index (κ2) is 4.70. The normalized spacial score (nSPS) is 11.4. The SMILES string of the molecule is CCC=Cc1cn[nH]c1OC(C)C. The fourth-order valence-electron chi connectivity index (χ4n) is 0.977. The Bertz CT molecular complexity index is 276. The van der Waals surface area contributed by atoms with Crippen molar-refractivity contribution < 1.29 is 4.74 Å². The Morgan fingerprint density at radius 2 is 2.38 bits per heavy atom. The summed E-state index contributed by atoms with van der Waals surface area (Å²) >= 11 is 0. The number of aromatic nitrogens is 2. The molecular formula is C10H16N2O. The van der Waals surface area contributed by atoms with Crippen molar-refractivity contribution in [1.29, 1.82) is 0 Å². The van der Waals surface area contributed by atoms with Crippen molar-refractivity contribution in [3.8, 4) is 5.88 Å². The number of allylic oxidation sites excluding steroid dienone is 1. The van der Waals surface area contributed by atoms with Gasteiger partial charge in [-0.2, -0.15) is 5.10 Å². The molecule has 0 aliphatic carbocycles. The first-order valence-electron chi connectivity index (χ1n) is 4.60. The molecule has 0 saturated carbocycles. The molecule has 72 valence electrons. The molecule has 0 aromatic carbocycles. The number of ether oxygens (including phenoxy) is 1. The maximum atomic E-state index is 5.51. The molecule has 0 saturated heterocycles. The molecule has 0 bridgehead atoms. The van der Waals surface area contributed by atoms with Gasteiger partial charge < -0.3 is 4.74 Å². The van der Waals surface area contributed by atoms with Crippen LogP contribution in [-0.2, 0) is 0 Å². The van der Waals surface area contributed by atoms with Gasteiger partial charge in [-0.3, -0.25) is 0 Å². The summed E-state index contributed by atoms with van der Waals surface area (Å²) in [6, 6.07) is 0. The molecule has 0 spiro atoms. The minimum Gasteiger partial charge on any atom is -0.475 e. The van der Waals surface area contributed by atoms with E-state index in [1.165, 1.54) is 0 Å². The van der Waals surface area contributed by atoms with Crippen LogP contribution >= 0.6 is 0 Å². The monoisotopic (exact) mass is 180 g/mol. The Labute approximate surface area is 78.8 Å². The molecule has 0 aliphatic rings. The number of aromatic amines is 1. The van der Waals surface area contributed by atoms with E-state index in [0.29, 0.717) is 0 Å². The smallest absolute Gasteiger partial charge is 0.216 e. The third kappa shape index (κ3) is 2.93. The van der Waals surface area contributed by atoms with Crippen molar-refractivity contribution >= 4 is 6.08 Å². The molecule has 1 aromatic heterocycles. The second-order valence-corrected chi connectivity index (χ2v) is 3.13. The summed E-state index contributed by atoms with van der Waals surface area (Å²) in [5, 5.41) is 6.75. The van der Waals surface area contributed by atoms with Gasteiger partial charge in [0.25, 0.3) is 0 Å². The molecule has 0 aliphatic heterocycles. The Kier molecular flexibility index (Phi) is 3.55. The van der Waals surface area contributed by atoms with Crippen LogP contribution in [0.5, 0.6) is 5.88 Å². The van der Waals surface area contributed by atoms with Gasteiger partial charge in [-0.25, -0.2) is 5.10 Å². The largest absolute Gasteiger partial charge is 0.475 e. The van der Waals surface area contributed by atoms with E-state index < -0.39 is 0 Å². The summed E-state index contributed by atoms with van der Waals surface area (Å²) in [6.45, 7) is 6.09. The molecule has 1 heterocycles. The summed E-state index contributed by atoms with van der Waals surface area (Å²) in [5.41, 5.74) is 1.01. The average molecular weight is 180 g/mol. The van der Waals surface area contributed by atoms with Gasteiger partial charge in [0.1, 0.15) is 0 Å². The van der Waals surface area contributed by atoms with Gasteiger partial charge in [-0.05, 0) is 20.3 Å². The van der Waals surface area contributed by atoms with Crippen LogP contribution in [0.3, 0.4) is 0 Å². The minimum absolute atomic E-state index is 0.175. The van der Waals surface area contributed by atoms with E-state index in [4.69, 9.17) is 4.74 Å². The van der Waals surface area contributed by atoms with E-state index in [1.807, 2.05) is 19.9 Å². The van der Waals surface area contributed by atoms with Gasteiger partial charge in [-0.1, -0.05) is 19.1 Å². The average Bonchev–Trinajstić information content (AvgIpc) is 2.48. The first kappa shape index (κ1) is 9.84. The Morgan fingerprint density at radius 3 is 3.00 bits per heavy atom. The van der Waals surface area contributed by atoms with Crippen LogP contribution in [0.2, 0.25) is 0 Å². The molecule has 0 radical (unpaired) electrons. The van der Waals surface area contributed by atoms with E-state index >= 15 is 0 Å². The first-order valence-corrected chi connectivity index (χ1v) is 4.60. The third-order valence-corrected chi connectivity index (χ3v) is 1.52. The van der Waals surface area contributed by atoms with Crippen molar-refractivity contribution in [1.82, 2.24) is 10.2 Å². The molecule has 1 rings (SSSR count). The highest BCUT2D eigenvalue weighted by atomic mass is 16.5. The number of hydrogen-bond acceptors (Lipinski definition) is 2. The third-order valence-electron chi connectivity index (χ3n) is 1.52. The maximum absolute atomic E-state index is 5.51. The van der Waals surface area contributed by atoms with Crippen LogP contribution in [0, 0.1) is 0 Å². The topological polar surface area (TPSA) is 37.9 Å². The van der Waals surface area contributed by atoms with Crippen molar-refractivity contribution in [3.63, 3.8) is 0 Å². The predicted molar refractivity (Wildman–Crippen MR) is 53.7 cm³/mol. The molecule has 13 heavy (non-hydrogen) atoms. The lowest BCUT2D eigenvalue weighted by Gasteiger charge is -2.07. The number of hydrogen-bond donors (Lipinski definition) is 1. The van der Waals surface area contributed by atoms with Gasteiger partial charge in [0.05, 0.1) is 17.9 Å². The number of nitrogens with zero attached hydrogens (tertiary/aromatic N) is 1. The Morgan fingerprint density at radius 1 is 1.62 bits per heavy atom. The molecule has 3 heteroatoms.